The third kappa shape index (κ3) is 3.11. The number of anilines is 3. The van der Waals surface area contributed by atoms with Crippen LogP contribution in [0.2, 0.25) is 0 Å². The largest absolute Gasteiger partial charge is 0.397 e. The normalized spacial score (nSPS) is 11.3. The summed E-state index contributed by atoms with van der Waals surface area (Å²) in [6, 6.07) is 10.7. The van der Waals surface area contributed by atoms with Gasteiger partial charge in [-0.1, -0.05) is 6.07 Å². The van der Waals surface area contributed by atoms with Crippen LogP contribution in [0.4, 0.5) is 17.1 Å². The Morgan fingerprint density at radius 2 is 1.70 bits per heavy atom. The summed E-state index contributed by atoms with van der Waals surface area (Å²) < 4.78 is 22.9. The van der Waals surface area contributed by atoms with Gasteiger partial charge in [-0.05, 0) is 55.3 Å². The van der Waals surface area contributed by atoms with Gasteiger partial charge >= 0.3 is 0 Å². The van der Waals surface area contributed by atoms with E-state index in [2.05, 4.69) is 5.32 Å². The van der Waals surface area contributed by atoms with E-state index >= 15 is 0 Å². The highest BCUT2D eigenvalue weighted by Crippen LogP contribution is 2.26. The molecule has 0 atom stereocenters. The van der Waals surface area contributed by atoms with E-state index in [1.807, 2.05) is 32.0 Å². The summed E-state index contributed by atoms with van der Waals surface area (Å²) in [6.45, 7) is 4.09. The molecule has 0 radical (unpaired) electrons. The van der Waals surface area contributed by atoms with Crippen molar-refractivity contribution in [3.8, 4) is 0 Å². The third-order valence-corrected chi connectivity index (χ3v) is 4.35. The highest BCUT2D eigenvalue weighted by molar-refractivity contribution is 7.90. The van der Waals surface area contributed by atoms with Crippen molar-refractivity contribution < 1.29 is 8.42 Å². The van der Waals surface area contributed by atoms with Gasteiger partial charge in [-0.15, -0.1) is 0 Å². The molecule has 0 bridgehead atoms. The molecule has 0 saturated heterocycles. The molecule has 0 fully saturated rings. The predicted octanol–water partition coefficient (Wildman–Crippen LogP) is 3.03. The van der Waals surface area contributed by atoms with Crippen molar-refractivity contribution in [1.82, 2.24) is 0 Å². The minimum Gasteiger partial charge on any atom is -0.397 e. The second-order valence-electron chi connectivity index (χ2n) is 4.95. The molecule has 0 spiro atoms. The van der Waals surface area contributed by atoms with Crippen molar-refractivity contribution in [1.29, 1.82) is 0 Å². The number of nitrogens with one attached hydrogen (secondary N) is 1. The molecule has 0 aromatic heterocycles. The lowest BCUT2D eigenvalue weighted by atomic mass is 10.1. The van der Waals surface area contributed by atoms with Crippen LogP contribution in [-0.4, -0.2) is 14.7 Å². The topological polar surface area (TPSA) is 72.2 Å². The van der Waals surface area contributed by atoms with E-state index < -0.39 is 9.84 Å². The van der Waals surface area contributed by atoms with Crippen molar-refractivity contribution in [3.05, 3.63) is 47.5 Å². The standard InChI is InChI=1S/C15H18N2O2S/c1-10-4-5-12(8-11(10)2)17-15-7-6-13(9-14(15)16)20(3,18)19/h4-9,17H,16H2,1-3H3. The van der Waals surface area contributed by atoms with Gasteiger partial charge in [0, 0.05) is 11.9 Å². The fourth-order valence-corrected chi connectivity index (χ4v) is 2.52. The monoisotopic (exact) mass is 290 g/mol. The molecule has 0 aliphatic rings. The molecule has 0 saturated carbocycles. The van der Waals surface area contributed by atoms with Gasteiger partial charge in [-0.2, -0.15) is 0 Å². The summed E-state index contributed by atoms with van der Waals surface area (Å²) in [4.78, 5) is 0.223. The summed E-state index contributed by atoms with van der Waals surface area (Å²) >= 11 is 0. The number of hydrogen-bond acceptors (Lipinski definition) is 4. The van der Waals surface area contributed by atoms with Gasteiger partial charge in [-0.25, -0.2) is 8.42 Å². The molecular formula is C15H18N2O2S. The third-order valence-electron chi connectivity index (χ3n) is 3.24. The number of hydrogen-bond donors (Lipinski definition) is 2. The lowest BCUT2D eigenvalue weighted by Gasteiger charge is -2.12. The number of nitrogen functional groups attached to an aromatic ring is 1. The maximum absolute atomic E-state index is 11.5. The Morgan fingerprint density at radius 1 is 1.00 bits per heavy atom. The zero-order chi connectivity index (χ0) is 14.9. The number of rotatable bonds is 3. The van der Waals surface area contributed by atoms with Crippen LogP contribution in [-0.2, 0) is 9.84 Å². The van der Waals surface area contributed by atoms with Crippen molar-refractivity contribution in [2.75, 3.05) is 17.3 Å². The van der Waals surface area contributed by atoms with Crippen molar-refractivity contribution in [2.45, 2.75) is 18.7 Å². The van der Waals surface area contributed by atoms with Crippen LogP contribution >= 0.6 is 0 Å². The van der Waals surface area contributed by atoms with Gasteiger partial charge in [0.2, 0.25) is 0 Å². The lowest BCUT2D eigenvalue weighted by molar-refractivity contribution is 0.602. The molecule has 106 valence electrons. The highest BCUT2D eigenvalue weighted by Gasteiger charge is 2.09. The van der Waals surface area contributed by atoms with Gasteiger partial charge < -0.3 is 11.1 Å². The zero-order valence-electron chi connectivity index (χ0n) is 11.8. The first-order valence-electron chi connectivity index (χ1n) is 6.21. The van der Waals surface area contributed by atoms with Crippen LogP contribution in [0.1, 0.15) is 11.1 Å². The Balaban J connectivity index is 2.32. The molecule has 0 unspecified atom stereocenters. The Kier molecular flexibility index (Phi) is 3.72. The van der Waals surface area contributed by atoms with Gasteiger partial charge in [0.1, 0.15) is 0 Å². The van der Waals surface area contributed by atoms with Crippen LogP contribution in [0, 0.1) is 13.8 Å². The first kappa shape index (κ1) is 14.4. The van der Waals surface area contributed by atoms with E-state index in [-0.39, 0.29) is 4.90 Å². The SMILES string of the molecule is Cc1ccc(Nc2ccc(S(C)(=O)=O)cc2N)cc1C. The molecule has 20 heavy (non-hydrogen) atoms. The fraction of sp³-hybridized carbons (Fsp3) is 0.200. The maximum Gasteiger partial charge on any atom is 0.175 e. The second kappa shape index (κ2) is 5.17. The summed E-state index contributed by atoms with van der Waals surface area (Å²) in [5.74, 6) is 0. The number of benzene rings is 2. The van der Waals surface area contributed by atoms with Crippen LogP contribution < -0.4 is 11.1 Å². The quantitative estimate of drug-likeness (QED) is 0.852. The molecule has 0 aliphatic heterocycles. The summed E-state index contributed by atoms with van der Waals surface area (Å²) in [5.41, 5.74) is 10.3. The van der Waals surface area contributed by atoms with Gasteiger partial charge in [0.05, 0.1) is 16.3 Å². The summed E-state index contributed by atoms with van der Waals surface area (Å²) in [7, 11) is -3.24. The Hall–Kier alpha value is -2.01. The smallest absolute Gasteiger partial charge is 0.175 e. The molecule has 0 aliphatic carbocycles. The number of sulfone groups is 1. The van der Waals surface area contributed by atoms with E-state index in [0.29, 0.717) is 11.4 Å². The van der Waals surface area contributed by atoms with Crippen molar-refractivity contribution >= 4 is 26.9 Å². The summed E-state index contributed by atoms with van der Waals surface area (Å²) in [5, 5.41) is 3.20. The fourth-order valence-electron chi connectivity index (χ4n) is 1.86. The first-order valence-corrected chi connectivity index (χ1v) is 8.10. The Bertz CT molecular complexity index is 752. The molecule has 3 N–H and O–H groups in total. The minimum absolute atomic E-state index is 0.223. The van der Waals surface area contributed by atoms with Gasteiger partial charge in [-0.3, -0.25) is 0 Å². The Morgan fingerprint density at radius 3 is 2.25 bits per heavy atom. The van der Waals surface area contributed by atoms with Crippen molar-refractivity contribution in [3.63, 3.8) is 0 Å². The molecule has 2 rings (SSSR count). The lowest BCUT2D eigenvalue weighted by Crippen LogP contribution is -2.01. The molecule has 4 nitrogen and oxygen atoms in total. The average Bonchev–Trinajstić information content (AvgIpc) is 2.35. The molecular weight excluding hydrogens is 272 g/mol. The van der Waals surface area contributed by atoms with Crippen LogP contribution in [0.25, 0.3) is 0 Å². The number of aryl methyl sites for hydroxylation is 2. The number of nitrogens with two attached hydrogens (primary N) is 1. The molecule has 0 heterocycles. The van der Waals surface area contributed by atoms with Crippen LogP contribution in [0.3, 0.4) is 0 Å². The second-order valence-corrected chi connectivity index (χ2v) is 6.96. The van der Waals surface area contributed by atoms with E-state index in [1.54, 1.807) is 12.1 Å². The predicted molar refractivity (Wildman–Crippen MR) is 83.2 cm³/mol. The zero-order valence-corrected chi connectivity index (χ0v) is 12.6. The van der Waals surface area contributed by atoms with Crippen LogP contribution in [0.5, 0.6) is 0 Å². The summed E-state index contributed by atoms with van der Waals surface area (Å²) in [6.07, 6.45) is 1.16. The molecule has 2 aromatic carbocycles. The van der Waals surface area contributed by atoms with Gasteiger partial charge in [0.25, 0.3) is 0 Å². The minimum atomic E-state index is -3.24. The molecule has 0 amide bonds. The first-order chi connectivity index (χ1) is 9.27. The van der Waals surface area contributed by atoms with E-state index in [4.69, 9.17) is 5.73 Å². The average molecular weight is 290 g/mol. The molecule has 5 heteroatoms. The van der Waals surface area contributed by atoms with E-state index in [9.17, 15) is 8.42 Å². The van der Waals surface area contributed by atoms with Gasteiger partial charge in [0.15, 0.2) is 9.84 Å². The molecule has 2 aromatic rings. The highest BCUT2D eigenvalue weighted by atomic mass is 32.2. The Labute approximate surface area is 119 Å². The van der Waals surface area contributed by atoms with Crippen molar-refractivity contribution in [2.24, 2.45) is 0 Å². The maximum atomic E-state index is 11.5. The van der Waals surface area contributed by atoms with E-state index in [0.717, 1.165) is 11.9 Å². The van der Waals surface area contributed by atoms with E-state index in [1.165, 1.54) is 17.2 Å². The van der Waals surface area contributed by atoms with Crippen LogP contribution in [0.15, 0.2) is 41.3 Å².